The van der Waals surface area contributed by atoms with E-state index < -0.39 is 5.41 Å². The number of carbonyl (C=O) groups is 1. The van der Waals surface area contributed by atoms with Crippen LogP contribution in [0.2, 0.25) is 0 Å². The Bertz CT molecular complexity index is 370. The zero-order chi connectivity index (χ0) is 17.2. The van der Waals surface area contributed by atoms with Crippen LogP contribution in [-0.2, 0) is 4.79 Å². The molecule has 0 bridgehead atoms. The van der Waals surface area contributed by atoms with Crippen molar-refractivity contribution < 1.29 is 9.90 Å². The van der Waals surface area contributed by atoms with Crippen LogP contribution in [0.3, 0.4) is 0 Å². The summed E-state index contributed by atoms with van der Waals surface area (Å²) in [4.78, 5) is 12.8. The van der Waals surface area contributed by atoms with Gasteiger partial charge in [0.25, 0.3) is 0 Å². The number of hydrogen-bond acceptors (Lipinski definition) is 2. The highest BCUT2D eigenvalue weighted by molar-refractivity contribution is 5.95. The third kappa shape index (κ3) is 3.70. The van der Waals surface area contributed by atoms with E-state index in [4.69, 9.17) is 0 Å². The Morgan fingerprint density at radius 2 is 1.05 bits per heavy atom. The molecule has 0 radical (unpaired) electrons. The molecule has 0 amide bonds. The summed E-state index contributed by atoms with van der Waals surface area (Å²) in [6, 6.07) is 0. The zero-order valence-corrected chi connectivity index (χ0v) is 15.7. The Balaban J connectivity index is 5.74. The van der Waals surface area contributed by atoms with E-state index in [-0.39, 0.29) is 40.6 Å². The van der Waals surface area contributed by atoms with Crippen LogP contribution in [-0.4, -0.2) is 10.9 Å². The number of hydrogen-bond donors (Lipinski definition) is 1. The van der Waals surface area contributed by atoms with Crippen LogP contribution < -0.4 is 0 Å². The first-order valence-electron chi connectivity index (χ1n) is 8.28. The van der Waals surface area contributed by atoms with E-state index in [1.54, 1.807) is 0 Å². The van der Waals surface area contributed by atoms with Gasteiger partial charge in [0.2, 0.25) is 0 Å². The summed E-state index contributed by atoms with van der Waals surface area (Å²) < 4.78 is 0. The van der Waals surface area contributed by atoms with Crippen molar-refractivity contribution in [3.63, 3.8) is 0 Å². The number of ketones is 1. The standard InChI is InChI=1S/C19H36O2/c1-12(2)18(9,13(3)4)16(20)11-17(21)19(10,14(5)6)15(7)8/h11-15,20H,1-10H3/b16-11-. The summed E-state index contributed by atoms with van der Waals surface area (Å²) in [6.45, 7) is 20.7. The van der Waals surface area contributed by atoms with Crippen LogP contribution in [0.4, 0.5) is 0 Å². The van der Waals surface area contributed by atoms with Crippen LogP contribution >= 0.6 is 0 Å². The predicted octanol–water partition coefficient (Wildman–Crippen LogP) is 5.63. The lowest BCUT2D eigenvalue weighted by molar-refractivity contribution is -0.128. The summed E-state index contributed by atoms with van der Waals surface area (Å²) in [5.74, 6) is 1.27. The second-order valence-corrected chi connectivity index (χ2v) is 8.08. The maximum Gasteiger partial charge on any atom is 0.165 e. The van der Waals surface area contributed by atoms with E-state index in [9.17, 15) is 9.90 Å². The first-order valence-corrected chi connectivity index (χ1v) is 8.28. The van der Waals surface area contributed by atoms with E-state index >= 15 is 0 Å². The molecule has 0 aromatic carbocycles. The fourth-order valence-electron chi connectivity index (χ4n) is 2.93. The van der Waals surface area contributed by atoms with Gasteiger partial charge in [-0.25, -0.2) is 0 Å². The lowest BCUT2D eigenvalue weighted by Crippen LogP contribution is -2.39. The molecule has 2 nitrogen and oxygen atoms in total. The zero-order valence-electron chi connectivity index (χ0n) is 15.7. The Labute approximate surface area is 132 Å². The van der Waals surface area contributed by atoms with Crippen molar-refractivity contribution in [3.05, 3.63) is 11.8 Å². The molecule has 0 fully saturated rings. The van der Waals surface area contributed by atoms with Gasteiger partial charge in [-0.05, 0) is 23.7 Å². The molecular formula is C19H36O2. The molecule has 0 aliphatic carbocycles. The van der Waals surface area contributed by atoms with Crippen LogP contribution in [0, 0.1) is 34.5 Å². The van der Waals surface area contributed by atoms with Gasteiger partial charge < -0.3 is 5.11 Å². The SMILES string of the molecule is CC(C)C(C)(C(=O)/C=C(\O)C(C)(C(C)C)C(C)C)C(C)C. The molecule has 21 heavy (non-hydrogen) atoms. The van der Waals surface area contributed by atoms with Crippen molar-refractivity contribution in [1.82, 2.24) is 0 Å². The third-order valence-electron chi connectivity index (χ3n) is 6.15. The maximum absolute atomic E-state index is 12.8. The maximum atomic E-state index is 12.8. The molecule has 0 aromatic heterocycles. The lowest BCUT2D eigenvalue weighted by Gasteiger charge is -2.39. The van der Waals surface area contributed by atoms with E-state index in [0.29, 0.717) is 0 Å². The van der Waals surface area contributed by atoms with E-state index in [2.05, 4.69) is 55.4 Å². The Morgan fingerprint density at radius 3 is 1.29 bits per heavy atom. The van der Waals surface area contributed by atoms with Gasteiger partial charge in [-0.2, -0.15) is 0 Å². The smallest absolute Gasteiger partial charge is 0.165 e. The molecule has 0 saturated carbocycles. The number of aliphatic hydroxyl groups excluding tert-OH is 1. The molecular weight excluding hydrogens is 260 g/mol. The van der Waals surface area contributed by atoms with Crippen molar-refractivity contribution in [2.45, 2.75) is 69.2 Å². The minimum atomic E-state index is -0.442. The number of aliphatic hydroxyl groups is 1. The second kappa shape index (κ2) is 6.98. The molecule has 0 aromatic rings. The van der Waals surface area contributed by atoms with Gasteiger partial charge in [-0.15, -0.1) is 0 Å². The molecule has 0 saturated heterocycles. The molecule has 0 heterocycles. The van der Waals surface area contributed by atoms with Crippen molar-refractivity contribution in [3.8, 4) is 0 Å². The molecule has 124 valence electrons. The summed E-state index contributed by atoms with van der Waals surface area (Å²) >= 11 is 0. The highest BCUT2D eigenvalue weighted by Crippen LogP contribution is 2.43. The van der Waals surface area contributed by atoms with Gasteiger partial charge in [0.1, 0.15) is 5.76 Å². The molecule has 0 atom stereocenters. The first kappa shape index (κ1) is 20.2. The van der Waals surface area contributed by atoms with Gasteiger partial charge >= 0.3 is 0 Å². The second-order valence-electron chi connectivity index (χ2n) is 8.08. The topological polar surface area (TPSA) is 37.3 Å². The van der Waals surface area contributed by atoms with Gasteiger partial charge in [0, 0.05) is 16.9 Å². The predicted molar refractivity (Wildman–Crippen MR) is 91.3 cm³/mol. The van der Waals surface area contributed by atoms with Crippen molar-refractivity contribution in [2.75, 3.05) is 0 Å². The minimum absolute atomic E-state index is 0.0394. The summed E-state index contributed by atoms with van der Waals surface area (Å²) in [5, 5.41) is 10.6. The van der Waals surface area contributed by atoms with Crippen molar-refractivity contribution in [1.29, 1.82) is 0 Å². The fraction of sp³-hybridized carbons (Fsp3) is 0.842. The van der Waals surface area contributed by atoms with Gasteiger partial charge in [0.05, 0.1) is 0 Å². The van der Waals surface area contributed by atoms with Gasteiger partial charge in [0.15, 0.2) is 5.78 Å². The largest absolute Gasteiger partial charge is 0.512 e. The number of allylic oxidation sites excluding steroid dienone is 2. The monoisotopic (exact) mass is 296 g/mol. The molecule has 0 rings (SSSR count). The van der Waals surface area contributed by atoms with Crippen LogP contribution in [0.15, 0.2) is 11.8 Å². The van der Waals surface area contributed by atoms with Crippen LogP contribution in [0.5, 0.6) is 0 Å². The summed E-state index contributed by atoms with van der Waals surface area (Å²) in [5.41, 5.74) is -0.812. The molecule has 0 aliphatic heterocycles. The summed E-state index contributed by atoms with van der Waals surface area (Å²) in [6.07, 6.45) is 1.50. The van der Waals surface area contributed by atoms with Crippen LogP contribution in [0.25, 0.3) is 0 Å². The molecule has 0 aliphatic rings. The third-order valence-corrected chi connectivity index (χ3v) is 6.15. The van der Waals surface area contributed by atoms with Gasteiger partial charge in [-0.3, -0.25) is 4.79 Å². The fourth-order valence-corrected chi connectivity index (χ4v) is 2.93. The summed E-state index contributed by atoms with van der Waals surface area (Å²) in [7, 11) is 0. The van der Waals surface area contributed by atoms with Gasteiger partial charge in [-0.1, -0.05) is 69.2 Å². The number of carbonyl (C=O) groups excluding carboxylic acids is 1. The Kier molecular flexibility index (Phi) is 6.72. The molecule has 1 N–H and O–H groups in total. The van der Waals surface area contributed by atoms with Crippen LogP contribution in [0.1, 0.15) is 69.2 Å². The molecule has 2 heteroatoms. The Morgan fingerprint density at radius 1 is 0.762 bits per heavy atom. The van der Waals surface area contributed by atoms with Crippen molar-refractivity contribution >= 4 is 5.78 Å². The molecule has 0 unspecified atom stereocenters. The van der Waals surface area contributed by atoms with Crippen molar-refractivity contribution in [2.24, 2.45) is 34.5 Å². The highest BCUT2D eigenvalue weighted by atomic mass is 16.3. The minimum Gasteiger partial charge on any atom is -0.512 e. The van der Waals surface area contributed by atoms with E-state index in [0.717, 1.165) is 0 Å². The average Bonchev–Trinajstić information content (AvgIpc) is 2.34. The Hall–Kier alpha value is -0.790. The lowest BCUT2D eigenvalue weighted by atomic mass is 9.65. The van der Waals surface area contributed by atoms with E-state index in [1.807, 2.05) is 13.8 Å². The van der Waals surface area contributed by atoms with E-state index in [1.165, 1.54) is 6.08 Å². The number of rotatable bonds is 7. The molecule has 0 spiro atoms. The average molecular weight is 296 g/mol. The highest BCUT2D eigenvalue weighted by Gasteiger charge is 2.41. The quantitative estimate of drug-likeness (QED) is 0.488. The first-order chi connectivity index (χ1) is 9.32. The normalized spacial score (nSPS) is 14.7.